The maximum absolute atomic E-state index is 13.6. The van der Waals surface area contributed by atoms with E-state index in [1.54, 1.807) is 11.8 Å². The second-order valence-electron chi connectivity index (χ2n) is 8.69. The molecule has 1 aliphatic rings. The van der Waals surface area contributed by atoms with Gasteiger partial charge < -0.3 is 15.5 Å². The predicted octanol–water partition coefficient (Wildman–Crippen LogP) is 5.47. The second kappa shape index (κ2) is 10.3. The summed E-state index contributed by atoms with van der Waals surface area (Å²) in [6.45, 7) is 6.09. The van der Waals surface area contributed by atoms with E-state index < -0.39 is 0 Å². The number of fused-ring (bicyclic) bond motifs is 1. The molecule has 0 bridgehead atoms. The summed E-state index contributed by atoms with van der Waals surface area (Å²) < 4.78 is 1.85. The van der Waals surface area contributed by atoms with Gasteiger partial charge in [-0.15, -0.1) is 5.10 Å². The van der Waals surface area contributed by atoms with Crippen LogP contribution < -0.4 is 15.5 Å². The maximum Gasteiger partial charge on any atom is 0.255 e. The Kier molecular flexibility index (Phi) is 7.26. The topological polar surface area (TPSA) is 75.1 Å². The summed E-state index contributed by atoms with van der Waals surface area (Å²) in [5.41, 5.74) is 5.30. The minimum Gasteiger partial charge on any atom is -0.378 e. The first-order valence-corrected chi connectivity index (χ1v) is 12.6. The van der Waals surface area contributed by atoms with E-state index in [1.807, 2.05) is 56.9 Å². The van der Waals surface area contributed by atoms with E-state index in [9.17, 15) is 4.79 Å². The summed E-state index contributed by atoms with van der Waals surface area (Å²) in [6.07, 6.45) is 2.24. The van der Waals surface area contributed by atoms with Crippen LogP contribution in [0.1, 0.15) is 43.9 Å². The van der Waals surface area contributed by atoms with Gasteiger partial charge in [0.05, 0.1) is 5.57 Å². The van der Waals surface area contributed by atoms with Gasteiger partial charge in [0.1, 0.15) is 6.04 Å². The molecule has 0 aliphatic carbocycles. The molecule has 0 radical (unpaired) electrons. The van der Waals surface area contributed by atoms with Gasteiger partial charge in [-0.25, -0.2) is 4.68 Å². The molecule has 1 unspecified atom stereocenters. The zero-order valence-corrected chi connectivity index (χ0v) is 21.2. The molecule has 7 nitrogen and oxygen atoms in total. The molecule has 1 atom stereocenters. The van der Waals surface area contributed by atoms with Gasteiger partial charge in [-0.05, 0) is 49.6 Å². The summed E-state index contributed by atoms with van der Waals surface area (Å²) in [7, 11) is 4.03. The van der Waals surface area contributed by atoms with E-state index >= 15 is 0 Å². The van der Waals surface area contributed by atoms with Crippen LogP contribution in [0.4, 0.5) is 17.3 Å². The standard InChI is InChI=1S/C26H32N6OS/c1-6-7-16-34-26-29-25-27-18(3)22(24(33)28-21-11-9-8-10-17(21)2)23(32(25)30-26)19-12-14-20(15-13-19)31(4)5/h8-15,23H,6-7,16H2,1-5H3,(H,28,33)(H,27,29,30). The quantitative estimate of drug-likeness (QED) is 0.332. The van der Waals surface area contributed by atoms with Crippen LogP contribution in [0, 0.1) is 6.92 Å². The van der Waals surface area contributed by atoms with Gasteiger partial charge in [-0.3, -0.25) is 4.79 Å². The van der Waals surface area contributed by atoms with Crippen molar-refractivity contribution >= 4 is 35.0 Å². The summed E-state index contributed by atoms with van der Waals surface area (Å²) in [6, 6.07) is 15.7. The lowest BCUT2D eigenvalue weighted by Crippen LogP contribution is -2.31. The molecule has 2 heterocycles. The second-order valence-corrected chi connectivity index (χ2v) is 9.75. The normalized spacial score (nSPS) is 15.0. The van der Waals surface area contributed by atoms with Gasteiger partial charge in [0.15, 0.2) is 0 Å². The molecular weight excluding hydrogens is 444 g/mol. The van der Waals surface area contributed by atoms with Crippen LogP contribution in [0.2, 0.25) is 0 Å². The number of thioether (sulfide) groups is 1. The Morgan fingerprint density at radius 3 is 2.56 bits per heavy atom. The fourth-order valence-corrected chi connectivity index (χ4v) is 4.87. The number of aryl methyl sites for hydroxylation is 1. The lowest BCUT2D eigenvalue weighted by Gasteiger charge is -2.29. The highest BCUT2D eigenvalue weighted by Gasteiger charge is 2.34. The van der Waals surface area contributed by atoms with Crippen molar-refractivity contribution in [2.75, 3.05) is 35.4 Å². The van der Waals surface area contributed by atoms with Crippen LogP contribution in [-0.2, 0) is 4.79 Å². The summed E-state index contributed by atoms with van der Waals surface area (Å²) in [5, 5.41) is 12.0. The zero-order chi connectivity index (χ0) is 24.2. The number of carbonyl (C=O) groups is 1. The monoisotopic (exact) mass is 476 g/mol. The third kappa shape index (κ3) is 4.97. The first kappa shape index (κ1) is 23.9. The van der Waals surface area contributed by atoms with Crippen LogP contribution in [0.25, 0.3) is 0 Å². The summed E-state index contributed by atoms with van der Waals surface area (Å²) in [4.78, 5) is 20.4. The summed E-state index contributed by atoms with van der Waals surface area (Å²) in [5.74, 6) is 1.47. The van der Waals surface area contributed by atoms with E-state index in [0.717, 1.165) is 51.9 Å². The number of allylic oxidation sites excluding steroid dienone is 1. The largest absolute Gasteiger partial charge is 0.378 e. The molecule has 1 amide bonds. The molecule has 3 aromatic rings. The van der Waals surface area contributed by atoms with Crippen molar-refractivity contribution in [3.05, 3.63) is 70.9 Å². The molecule has 4 rings (SSSR count). The van der Waals surface area contributed by atoms with Crippen molar-refractivity contribution in [3.63, 3.8) is 0 Å². The Labute approximate surface area is 205 Å². The highest BCUT2D eigenvalue weighted by Crippen LogP contribution is 2.37. The van der Waals surface area contributed by atoms with E-state index in [-0.39, 0.29) is 11.9 Å². The molecule has 0 spiro atoms. The Morgan fingerprint density at radius 1 is 1.15 bits per heavy atom. The number of unbranched alkanes of at least 4 members (excludes halogenated alkanes) is 1. The third-order valence-corrected chi connectivity index (χ3v) is 6.85. The molecule has 0 saturated carbocycles. The van der Waals surface area contributed by atoms with E-state index in [2.05, 4.69) is 46.7 Å². The first-order chi connectivity index (χ1) is 16.4. The first-order valence-electron chi connectivity index (χ1n) is 11.6. The lowest BCUT2D eigenvalue weighted by atomic mass is 9.94. The van der Waals surface area contributed by atoms with Gasteiger partial charge in [-0.1, -0.05) is 55.4 Å². The van der Waals surface area contributed by atoms with Crippen LogP contribution in [0.3, 0.4) is 0 Å². The van der Waals surface area contributed by atoms with E-state index in [1.165, 1.54) is 0 Å². The number of para-hydroxylation sites is 1. The van der Waals surface area contributed by atoms with Gasteiger partial charge in [0.25, 0.3) is 5.91 Å². The van der Waals surface area contributed by atoms with Gasteiger partial charge in [0.2, 0.25) is 11.1 Å². The number of carbonyl (C=O) groups excluding carboxylic acids is 1. The van der Waals surface area contributed by atoms with Crippen LogP contribution in [-0.4, -0.2) is 40.5 Å². The Hall–Kier alpha value is -3.26. The average Bonchev–Trinajstić information content (AvgIpc) is 3.22. The summed E-state index contributed by atoms with van der Waals surface area (Å²) >= 11 is 1.65. The molecule has 0 fully saturated rings. The number of aromatic nitrogens is 3. The number of hydrogen-bond donors (Lipinski definition) is 2. The molecule has 34 heavy (non-hydrogen) atoms. The molecule has 2 N–H and O–H groups in total. The minimum absolute atomic E-state index is 0.151. The number of nitrogens with zero attached hydrogens (tertiary/aromatic N) is 4. The molecule has 1 aliphatic heterocycles. The lowest BCUT2D eigenvalue weighted by molar-refractivity contribution is -0.113. The molecular formula is C26H32N6OS. The Morgan fingerprint density at radius 2 is 1.88 bits per heavy atom. The average molecular weight is 477 g/mol. The van der Waals surface area contributed by atoms with Crippen LogP contribution >= 0.6 is 11.8 Å². The third-order valence-electron chi connectivity index (χ3n) is 5.93. The number of amides is 1. The molecule has 2 aromatic carbocycles. The van der Waals surface area contributed by atoms with Gasteiger partial charge in [-0.2, -0.15) is 4.98 Å². The number of rotatable bonds is 8. The maximum atomic E-state index is 13.6. The Balaban J connectivity index is 1.74. The number of nitrogens with one attached hydrogen (secondary N) is 2. The SMILES string of the molecule is CCCCSc1nc2n(n1)C(c1ccc(N(C)C)cc1)C(C(=O)Nc1ccccc1C)=C(C)N2. The van der Waals surface area contributed by atoms with Crippen molar-refractivity contribution in [2.45, 2.75) is 44.8 Å². The fraction of sp³-hybridized carbons (Fsp3) is 0.346. The van der Waals surface area contributed by atoms with Crippen LogP contribution in [0.5, 0.6) is 0 Å². The van der Waals surface area contributed by atoms with Crippen LogP contribution in [0.15, 0.2) is 65.0 Å². The van der Waals surface area contributed by atoms with Crippen molar-refractivity contribution < 1.29 is 4.79 Å². The van der Waals surface area contributed by atoms with Crippen molar-refractivity contribution in [2.24, 2.45) is 0 Å². The predicted molar refractivity (Wildman–Crippen MR) is 141 cm³/mol. The Bertz CT molecular complexity index is 1200. The van der Waals surface area contributed by atoms with E-state index in [0.29, 0.717) is 11.5 Å². The smallest absolute Gasteiger partial charge is 0.255 e. The number of anilines is 3. The molecule has 8 heteroatoms. The van der Waals surface area contributed by atoms with Gasteiger partial charge in [0, 0.05) is 36.9 Å². The van der Waals surface area contributed by atoms with Crippen molar-refractivity contribution in [1.82, 2.24) is 14.8 Å². The molecule has 178 valence electrons. The molecule has 1 aromatic heterocycles. The zero-order valence-electron chi connectivity index (χ0n) is 20.4. The van der Waals surface area contributed by atoms with Crippen molar-refractivity contribution in [1.29, 1.82) is 0 Å². The number of hydrogen-bond acceptors (Lipinski definition) is 6. The number of benzene rings is 2. The highest BCUT2D eigenvalue weighted by molar-refractivity contribution is 7.99. The fourth-order valence-electron chi connectivity index (χ4n) is 3.96. The molecule has 0 saturated heterocycles. The van der Waals surface area contributed by atoms with E-state index in [4.69, 9.17) is 10.1 Å². The van der Waals surface area contributed by atoms with Crippen molar-refractivity contribution in [3.8, 4) is 0 Å². The minimum atomic E-state index is -0.385. The van der Waals surface area contributed by atoms with Gasteiger partial charge >= 0.3 is 0 Å². The highest BCUT2D eigenvalue weighted by atomic mass is 32.2.